The first-order valence-electron chi connectivity index (χ1n) is 4.18. The number of allylic oxidation sites excluding steroid dienone is 3. The summed E-state index contributed by atoms with van der Waals surface area (Å²) in [7, 11) is 0. The Hall–Kier alpha value is -1.05. The number of carboxylic acid groups (broad SMARTS) is 1. The molecule has 1 aliphatic rings. The second-order valence-electron chi connectivity index (χ2n) is 3.56. The molecule has 1 N–H and O–H groups in total. The molecule has 1 atom stereocenters. The van der Waals surface area contributed by atoms with Gasteiger partial charge in [0, 0.05) is 6.08 Å². The van der Waals surface area contributed by atoms with Crippen molar-refractivity contribution >= 4 is 5.97 Å². The number of rotatable bonds is 1. The van der Waals surface area contributed by atoms with Crippen LogP contribution in [0.1, 0.15) is 26.7 Å². The molecule has 2 nitrogen and oxygen atoms in total. The molecule has 66 valence electrons. The number of carboxylic acids is 1. The fourth-order valence-electron chi connectivity index (χ4n) is 1.72. The van der Waals surface area contributed by atoms with Gasteiger partial charge in [0.2, 0.25) is 0 Å². The molecule has 0 spiro atoms. The predicted octanol–water partition coefficient (Wildman–Crippen LogP) is 2.37. The Balaban J connectivity index is 2.79. The SMILES string of the molecule is CC1=CC(=CC(=O)O)CC(C)C1. The molecule has 2 heteroatoms. The van der Waals surface area contributed by atoms with Crippen LogP contribution in [0.3, 0.4) is 0 Å². The monoisotopic (exact) mass is 166 g/mol. The normalized spacial score (nSPS) is 27.0. The van der Waals surface area contributed by atoms with E-state index in [2.05, 4.69) is 6.92 Å². The van der Waals surface area contributed by atoms with Gasteiger partial charge in [0.05, 0.1) is 0 Å². The molecule has 0 aromatic heterocycles. The van der Waals surface area contributed by atoms with E-state index in [-0.39, 0.29) is 0 Å². The summed E-state index contributed by atoms with van der Waals surface area (Å²) < 4.78 is 0. The zero-order chi connectivity index (χ0) is 9.14. The molecule has 0 heterocycles. The molecule has 0 amide bonds. The fraction of sp³-hybridized carbons (Fsp3) is 0.500. The molecule has 0 fully saturated rings. The third-order valence-corrected chi connectivity index (χ3v) is 2.00. The number of hydrogen-bond acceptors (Lipinski definition) is 1. The highest BCUT2D eigenvalue weighted by Crippen LogP contribution is 2.26. The van der Waals surface area contributed by atoms with Gasteiger partial charge < -0.3 is 5.11 Å². The Morgan fingerprint density at radius 3 is 2.83 bits per heavy atom. The standard InChI is InChI=1S/C10H14O2/c1-7-3-8(2)5-9(4-7)6-10(11)12/h4,6,8H,3,5H2,1-2H3,(H,11,12). The molecule has 0 aromatic rings. The highest BCUT2D eigenvalue weighted by Gasteiger charge is 2.12. The van der Waals surface area contributed by atoms with Crippen molar-refractivity contribution in [3.63, 3.8) is 0 Å². The molecule has 1 rings (SSSR count). The summed E-state index contributed by atoms with van der Waals surface area (Å²) in [5, 5.41) is 8.53. The van der Waals surface area contributed by atoms with E-state index in [4.69, 9.17) is 5.11 Å². The molecular weight excluding hydrogens is 152 g/mol. The van der Waals surface area contributed by atoms with Crippen molar-refractivity contribution in [3.8, 4) is 0 Å². The van der Waals surface area contributed by atoms with Crippen LogP contribution in [-0.2, 0) is 4.79 Å². The van der Waals surface area contributed by atoms with Crippen LogP contribution >= 0.6 is 0 Å². The highest BCUT2D eigenvalue weighted by molar-refractivity contribution is 5.81. The molecule has 1 aliphatic carbocycles. The van der Waals surface area contributed by atoms with Crippen LogP contribution < -0.4 is 0 Å². The number of aliphatic carboxylic acids is 1. The maximum atomic E-state index is 10.4. The van der Waals surface area contributed by atoms with Crippen LogP contribution in [0, 0.1) is 5.92 Å². The van der Waals surface area contributed by atoms with Crippen molar-refractivity contribution in [2.75, 3.05) is 0 Å². The van der Waals surface area contributed by atoms with E-state index in [9.17, 15) is 4.79 Å². The van der Waals surface area contributed by atoms with E-state index in [0.29, 0.717) is 5.92 Å². The second kappa shape index (κ2) is 3.57. The first-order chi connectivity index (χ1) is 5.58. The molecule has 0 bridgehead atoms. The van der Waals surface area contributed by atoms with Crippen LogP contribution in [0.15, 0.2) is 23.3 Å². The topological polar surface area (TPSA) is 37.3 Å². The van der Waals surface area contributed by atoms with Crippen LogP contribution in [0.2, 0.25) is 0 Å². The third kappa shape index (κ3) is 2.53. The van der Waals surface area contributed by atoms with Gasteiger partial charge in [-0.15, -0.1) is 0 Å². The maximum absolute atomic E-state index is 10.4. The summed E-state index contributed by atoms with van der Waals surface area (Å²) in [6, 6.07) is 0. The molecule has 1 unspecified atom stereocenters. The van der Waals surface area contributed by atoms with Crippen molar-refractivity contribution < 1.29 is 9.90 Å². The predicted molar refractivity (Wildman–Crippen MR) is 47.9 cm³/mol. The second-order valence-corrected chi connectivity index (χ2v) is 3.56. The first kappa shape index (κ1) is 9.04. The van der Waals surface area contributed by atoms with Crippen molar-refractivity contribution in [2.24, 2.45) is 5.92 Å². The lowest BCUT2D eigenvalue weighted by Gasteiger charge is -2.18. The Labute approximate surface area is 72.6 Å². The summed E-state index contributed by atoms with van der Waals surface area (Å²) in [6.45, 7) is 4.19. The van der Waals surface area contributed by atoms with Gasteiger partial charge >= 0.3 is 5.97 Å². The van der Waals surface area contributed by atoms with E-state index >= 15 is 0 Å². The van der Waals surface area contributed by atoms with Gasteiger partial charge in [-0.2, -0.15) is 0 Å². The third-order valence-electron chi connectivity index (χ3n) is 2.00. The van der Waals surface area contributed by atoms with Crippen molar-refractivity contribution in [1.29, 1.82) is 0 Å². The molecule has 12 heavy (non-hydrogen) atoms. The Morgan fingerprint density at radius 2 is 2.33 bits per heavy atom. The van der Waals surface area contributed by atoms with Crippen molar-refractivity contribution in [1.82, 2.24) is 0 Å². The summed E-state index contributed by atoms with van der Waals surface area (Å²) in [5.74, 6) is -0.260. The van der Waals surface area contributed by atoms with Gasteiger partial charge in [0.1, 0.15) is 0 Å². The quantitative estimate of drug-likeness (QED) is 0.607. The first-order valence-corrected chi connectivity index (χ1v) is 4.18. The summed E-state index contributed by atoms with van der Waals surface area (Å²) in [6.07, 6.45) is 5.27. The molecule has 0 aromatic carbocycles. The van der Waals surface area contributed by atoms with Crippen molar-refractivity contribution in [3.05, 3.63) is 23.3 Å². The number of hydrogen-bond donors (Lipinski definition) is 1. The Kier molecular flexibility index (Phi) is 2.69. The lowest BCUT2D eigenvalue weighted by atomic mass is 9.88. The average Bonchev–Trinajstić information content (AvgIpc) is 1.81. The van der Waals surface area contributed by atoms with Gasteiger partial charge in [-0.25, -0.2) is 4.79 Å². The Bertz CT molecular complexity index is 249. The van der Waals surface area contributed by atoms with Gasteiger partial charge in [0.15, 0.2) is 0 Å². The van der Waals surface area contributed by atoms with E-state index in [0.717, 1.165) is 18.4 Å². The van der Waals surface area contributed by atoms with Gasteiger partial charge in [-0.3, -0.25) is 0 Å². The smallest absolute Gasteiger partial charge is 0.328 e. The molecular formula is C10H14O2. The van der Waals surface area contributed by atoms with E-state index in [1.807, 2.05) is 13.0 Å². The average molecular weight is 166 g/mol. The minimum atomic E-state index is -0.844. The van der Waals surface area contributed by atoms with Crippen LogP contribution in [0.4, 0.5) is 0 Å². The van der Waals surface area contributed by atoms with Crippen LogP contribution in [-0.4, -0.2) is 11.1 Å². The summed E-state index contributed by atoms with van der Waals surface area (Å²) >= 11 is 0. The summed E-state index contributed by atoms with van der Waals surface area (Å²) in [5.41, 5.74) is 2.22. The van der Waals surface area contributed by atoms with Gasteiger partial charge in [-0.1, -0.05) is 18.6 Å². The maximum Gasteiger partial charge on any atom is 0.328 e. The zero-order valence-electron chi connectivity index (χ0n) is 7.50. The fourth-order valence-corrected chi connectivity index (χ4v) is 1.72. The Morgan fingerprint density at radius 1 is 1.67 bits per heavy atom. The molecule has 0 radical (unpaired) electrons. The highest BCUT2D eigenvalue weighted by atomic mass is 16.4. The lowest BCUT2D eigenvalue weighted by Crippen LogP contribution is -2.04. The molecule has 0 saturated carbocycles. The minimum absolute atomic E-state index is 0.584. The van der Waals surface area contributed by atoms with Crippen LogP contribution in [0.25, 0.3) is 0 Å². The van der Waals surface area contributed by atoms with E-state index < -0.39 is 5.97 Å². The van der Waals surface area contributed by atoms with Crippen LogP contribution in [0.5, 0.6) is 0 Å². The number of carbonyl (C=O) groups is 1. The van der Waals surface area contributed by atoms with E-state index in [1.54, 1.807) is 0 Å². The zero-order valence-corrected chi connectivity index (χ0v) is 7.50. The van der Waals surface area contributed by atoms with Gasteiger partial charge in [0.25, 0.3) is 0 Å². The largest absolute Gasteiger partial charge is 0.478 e. The lowest BCUT2D eigenvalue weighted by molar-refractivity contribution is -0.131. The summed E-state index contributed by atoms with van der Waals surface area (Å²) in [4.78, 5) is 10.4. The minimum Gasteiger partial charge on any atom is -0.478 e. The molecule has 0 aliphatic heterocycles. The molecule has 0 saturated heterocycles. The van der Waals surface area contributed by atoms with E-state index in [1.165, 1.54) is 11.6 Å². The van der Waals surface area contributed by atoms with Gasteiger partial charge in [-0.05, 0) is 31.3 Å². The van der Waals surface area contributed by atoms with Crippen molar-refractivity contribution in [2.45, 2.75) is 26.7 Å².